The molecule has 0 aliphatic carbocycles. The molecule has 2 amide bonds. The van der Waals surface area contributed by atoms with E-state index >= 15 is 0 Å². The van der Waals surface area contributed by atoms with Crippen molar-refractivity contribution < 1.29 is 24.2 Å². The third kappa shape index (κ3) is 12.8. The zero-order valence-electron chi connectivity index (χ0n) is 31.5. The zero-order valence-corrected chi connectivity index (χ0v) is 32.3. The molecule has 2 aliphatic rings. The van der Waals surface area contributed by atoms with Crippen molar-refractivity contribution in [2.75, 3.05) is 47.8 Å². The van der Waals surface area contributed by atoms with Crippen molar-refractivity contribution in [2.24, 2.45) is 0 Å². The number of carboxylic acids is 1. The monoisotopic (exact) mass is 757 g/mol. The average molecular weight is 758 g/mol. The van der Waals surface area contributed by atoms with Crippen molar-refractivity contribution in [3.63, 3.8) is 0 Å². The summed E-state index contributed by atoms with van der Waals surface area (Å²) in [6, 6.07) is 7.73. The second-order valence-electron chi connectivity index (χ2n) is 14.6. The van der Waals surface area contributed by atoms with Gasteiger partial charge in [0.15, 0.2) is 5.82 Å². The van der Waals surface area contributed by atoms with Crippen LogP contribution in [-0.4, -0.2) is 91.8 Å². The molecule has 0 spiro atoms. The van der Waals surface area contributed by atoms with Crippen LogP contribution in [0.3, 0.4) is 0 Å². The van der Waals surface area contributed by atoms with Gasteiger partial charge in [0, 0.05) is 68.0 Å². The summed E-state index contributed by atoms with van der Waals surface area (Å²) >= 11 is 1.47. The van der Waals surface area contributed by atoms with Gasteiger partial charge < -0.3 is 30.3 Å². The Morgan fingerprint density at radius 1 is 0.889 bits per heavy atom. The summed E-state index contributed by atoms with van der Waals surface area (Å²) in [4.78, 5) is 60.8. The van der Waals surface area contributed by atoms with Crippen LogP contribution < -0.4 is 20.4 Å². The number of aromatic nitrogens is 4. The van der Waals surface area contributed by atoms with Gasteiger partial charge in [-0.2, -0.15) is 0 Å². The van der Waals surface area contributed by atoms with Crippen LogP contribution in [-0.2, 0) is 9.53 Å². The van der Waals surface area contributed by atoms with E-state index in [2.05, 4.69) is 40.4 Å². The highest BCUT2D eigenvalue weighted by molar-refractivity contribution is 7.99. The van der Waals surface area contributed by atoms with E-state index in [0.717, 1.165) is 80.4 Å². The lowest BCUT2D eigenvalue weighted by Gasteiger charge is -2.34. The van der Waals surface area contributed by atoms with E-state index in [9.17, 15) is 14.4 Å². The van der Waals surface area contributed by atoms with E-state index < -0.39 is 23.2 Å². The molecule has 4 heterocycles. The Labute approximate surface area is 321 Å². The molecule has 54 heavy (non-hydrogen) atoms. The van der Waals surface area contributed by atoms with Crippen molar-refractivity contribution in [1.82, 2.24) is 30.2 Å². The Morgan fingerprint density at radius 2 is 1.57 bits per heavy atom. The van der Waals surface area contributed by atoms with Crippen LogP contribution >= 0.6 is 11.8 Å². The number of carbonyl (C=O) groups excluding carboxylic acids is 2. The van der Waals surface area contributed by atoms with Crippen molar-refractivity contribution >= 4 is 47.2 Å². The fourth-order valence-electron chi connectivity index (χ4n) is 5.91. The predicted molar refractivity (Wildman–Crippen MR) is 210 cm³/mol. The zero-order chi connectivity index (χ0) is 38.6. The summed E-state index contributed by atoms with van der Waals surface area (Å²) < 4.78 is 5.38. The molecule has 0 radical (unpaired) electrons. The highest BCUT2D eigenvalue weighted by atomic mass is 32.2. The fraction of sp³-hybridized carbons (Fsp3) is 0.462. The molecule has 0 atom stereocenters. The molecule has 0 unspecified atom stereocenters. The van der Waals surface area contributed by atoms with E-state index in [1.165, 1.54) is 30.6 Å². The molecule has 14 nitrogen and oxygen atoms in total. The number of anilines is 3. The molecule has 1 fully saturated rings. The largest absolute Gasteiger partial charge is 0.478 e. The van der Waals surface area contributed by atoms with Crippen molar-refractivity contribution in [3.8, 4) is 0 Å². The Balaban J connectivity index is 0.933. The van der Waals surface area contributed by atoms with Gasteiger partial charge in [-0.3, -0.25) is 9.69 Å². The van der Waals surface area contributed by atoms with Gasteiger partial charge in [-0.05, 0) is 77.4 Å². The number of nitrogens with zero attached hydrogens (tertiary/aromatic N) is 7. The molecule has 0 bridgehead atoms. The maximum Gasteiger partial charge on any atom is 0.408 e. The van der Waals surface area contributed by atoms with Crippen LogP contribution in [0.15, 0.2) is 83.5 Å². The quantitative estimate of drug-likeness (QED) is 0.132. The van der Waals surface area contributed by atoms with E-state index in [0.29, 0.717) is 18.2 Å². The van der Waals surface area contributed by atoms with Crippen molar-refractivity contribution in [3.05, 3.63) is 79.2 Å². The minimum Gasteiger partial charge on any atom is -0.478 e. The molecular formula is C39H51N9O5S. The molecule has 1 saturated heterocycles. The molecule has 15 heteroatoms. The first kappa shape index (κ1) is 40.2. The molecule has 3 N–H and O–H groups in total. The third-order valence-corrected chi connectivity index (χ3v) is 9.73. The van der Waals surface area contributed by atoms with Crippen LogP contribution in [0.4, 0.5) is 22.2 Å². The number of amides is 2. The number of hydrogen-bond acceptors (Lipinski definition) is 12. The Hall–Kier alpha value is -5.02. The van der Waals surface area contributed by atoms with Crippen LogP contribution in [0, 0.1) is 0 Å². The lowest BCUT2D eigenvalue weighted by molar-refractivity contribution is -0.116. The van der Waals surface area contributed by atoms with Crippen molar-refractivity contribution in [2.45, 2.75) is 93.7 Å². The number of ether oxygens (including phenoxy) is 1. The van der Waals surface area contributed by atoms with Gasteiger partial charge in [-0.15, -0.1) is 0 Å². The summed E-state index contributed by atoms with van der Waals surface area (Å²) in [6.45, 7) is 12.0. The number of piperazine rings is 1. The smallest absolute Gasteiger partial charge is 0.408 e. The molecule has 3 aromatic rings. The molecule has 288 valence electrons. The number of rotatable bonds is 16. The van der Waals surface area contributed by atoms with Gasteiger partial charge in [0.25, 0.3) is 0 Å². The molecule has 2 aromatic heterocycles. The van der Waals surface area contributed by atoms with Gasteiger partial charge in [-0.1, -0.05) is 43.5 Å². The SMILES string of the molecule is CC1(NC(=O)OC(C)(C)C)C=CN(c2cnc(Sc3cccc(NC(=O)CCCCCCCCN4CCN(c5ncc(C(=O)O)cn5)CC4)c3)cn2)C=C1. The maximum absolute atomic E-state index is 12.7. The van der Waals surface area contributed by atoms with Gasteiger partial charge >= 0.3 is 12.1 Å². The average Bonchev–Trinajstić information content (AvgIpc) is 3.13. The Morgan fingerprint density at radius 3 is 2.22 bits per heavy atom. The van der Waals surface area contributed by atoms with Crippen LogP contribution in [0.2, 0.25) is 0 Å². The lowest BCUT2D eigenvalue weighted by Crippen LogP contribution is -2.47. The van der Waals surface area contributed by atoms with Crippen LogP contribution in [0.25, 0.3) is 0 Å². The third-order valence-electron chi connectivity index (χ3n) is 8.82. The normalized spacial score (nSPS) is 15.6. The predicted octanol–water partition coefficient (Wildman–Crippen LogP) is 6.74. The number of aromatic carboxylic acids is 1. The summed E-state index contributed by atoms with van der Waals surface area (Å²) in [6.07, 6.45) is 20.0. The highest BCUT2D eigenvalue weighted by Gasteiger charge is 2.27. The molecule has 2 aliphatic heterocycles. The number of nitrogens with one attached hydrogen (secondary N) is 2. The molecule has 0 saturated carbocycles. The van der Waals surface area contributed by atoms with E-state index in [4.69, 9.17) is 9.84 Å². The topological polar surface area (TPSA) is 166 Å². The second-order valence-corrected chi connectivity index (χ2v) is 15.7. The van der Waals surface area contributed by atoms with E-state index in [-0.39, 0.29) is 11.5 Å². The minimum atomic E-state index is -1.02. The first-order chi connectivity index (χ1) is 25.8. The number of unbranched alkanes of at least 4 members (excludes halogenated alkanes) is 5. The van der Waals surface area contributed by atoms with Gasteiger partial charge in [0.2, 0.25) is 11.9 Å². The molecular weight excluding hydrogens is 707 g/mol. The number of hydrogen-bond donors (Lipinski definition) is 3. The summed E-state index contributed by atoms with van der Waals surface area (Å²) in [5.74, 6) is 0.222. The molecule has 5 rings (SSSR count). The van der Waals surface area contributed by atoms with E-state index in [1.54, 1.807) is 12.4 Å². The fourth-order valence-corrected chi connectivity index (χ4v) is 6.69. The van der Waals surface area contributed by atoms with Crippen LogP contribution in [0.5, 0.6) is 0 Å². The van der Waals surface area contributed by atoms with Gasteiger partial charge in [0.05, 0.1) is 23.5 Å². The Bertz CT molecular complexity index is 1760. The molecule has 1 aromatic carbocycles. The van der Waals surface area contributed by atoms with E-state index in [1.807, 2.05) is 81.4 Å². The summed E-state index contributed by atoms with van der Waals surface area (Å²) in [7, 11) is 0. The first-order valence-electron chi connectivity index (χ1n) is 18.4. The number of benzene rings is 1. The number of alkyl carbamates (subject to hydrolysis) is 1. The number of carboxylic acid groups (broad SMARTS) is 1. The first-order valence-corrected chi connectivity index (χ1v) is 19.3. The lowest BCUT2D eigenvalue weighted by atomic mass is 10.0. The van der Waals surface area contributed by atoms with Crippen molar-refractivity contribution in [1.29, 1.82) is 0 Å². The maximum atomic E-state index is 12.7. The summed E-state index contributed by atoms with van der Waals surface area (Å²) in [5, 5.41) is 15.7. The standard InChI is InChI=1S/C39H51N9O5S/c1-38(2,3)53-37(52)45-39(4)15-18-47(19-16-39)32-27-41-34(28-40-32)54-31-13-11-12-30(24-31)44-33(49)14-9-7-5-6-8-10-17-46-20-22-48(23-21-46)36-42-25-29(26-43-36)35(50)51/h11-13,15-16,18-19,24-28H,5-10,14,17,20-23H2,1-4H3,(H,44,49)(H,45,52)(H,50,51). The highest BCUT2D eigenvalue weighted by Crippen LogP contribution is 2.29. The second kappa shape index (κ2) is 18.8. The summed E-state index contributed by atoms with van der Waals surface area (Å²) in [5.41, 5.74) is -0.416. The minimum absolute atomic E-state index is 0.0173. The Kier molecular flexibility index (Phi) is 14.0. The number of carbonyl (C=O) groups is 3. The van der Waals surface area contributed by atoms with Gasteiger partial charge in [-0.25, -0.2) is 29.5 Å². The van der Waals surface area contributed by atoms with Gasteiger partial charge in [0.1, 0.15) is 10.6 Å². The van der Waals surface area contributed by atoms with Crippen LogP contribution in [0.1, 0.15) is 83.0 Å².